The summed E-state index contributed by atoms with van der Waals surface area (Å²) in [5, 5.41) is 2.92. The Hall–Kier alpha value is -2.34. The van der Waals surface area contributed by atoms with Crippen LogP contribution >= 0.6 is 0 Å². The maximum atomic E-state index is 11.1. The third-order valence-electron chi connectivity index (χ3n) is 5.49. The van der Waals surface area contributed by atoms with Gasteiger partial charge in [0.05, 0.1) is 12.8 Å². The van der Waals surface area contributed by atoms with Crippen molar-refractivity contribution < 1.29 is 13.9 Å². The average molecular weight is 386 g/mol. The molecule has 0 saturated carbocycles. The number of nitrogens with one attached hydrogen (secondary N) is 1. The minimum absolute atomic E-state index is 0.0362. The molecule has 1 fully saturated rings. The molecule has 1 amide bonds. The Kier molecular flexibility index (Phi) is 6.73. The number of oxazole rings is 1. The van der Waals surface area contributed by atoms with Gasteiger partial charge in [-0.15, -0.1) is 0 Å². The van der Waals surface area contributed by atoms with E-state index in [4.69, 9.17) is 14.1 Å². The van der Waals surface area contributed by atoms with Crippen molar-refractivity contribution in [3.05, 3.63) is 35.2 Å². The summed E-state index contributed by atoms with van der Waals surface area (Å²) in [5.41, 5.74) is 3.02. The molecule has 1 N–H and O–H groups in total. The van der Waals surface area contributed by atoms with E-state index < -0.39 is 0 Å². The zero-order valence-electron chi connectivity index (χ0n) is 17.4. The van der Waals surface area contributed by atoms with Crippen molar-refractivity contribution >= 4 is 5.91 Å². The summed E-state index contributed by atoms with van der Waals surface area (Å²) >= 11 is 0. The van der Waals surface area contributed by atoms with Crippen LogP contribution in [0, 0.1) is 13.8 Å². The molecule has 1 unspecified atom stereocenters. The molecule has 0 bridgehead atoms. The summed E-state index contributed by atoms with van der Waals surface area (Å²) in [4.78, 5) is 18.4. The Balaban J connectivity index is 1.71. The van der Waals surface area contributed by atoms with Gasteiger partial charge in [0, 0.05) is 31.6 Å². The van der Waals surface area contributed by atoms with Crippen molar-refractivity contribution in [3.8, 4) is 17.2 Å². The number of ether oxygens (including phenoxy) is 1. The third-order valence-corrected chi connectivity index (χ3v) is 5.49. The summed E-state index contributed by atoms with van der Waals surface area (Å²) < 4.78 is 11.3. The van der Waals surface area contributed by atoms with Crippen LogP contribution in [0.1, 0.15) is 49.6 Å². The van der Waals surface area contributed by atoms with Gasteiger partial charge in [-0.05, 0) is 63.4 Å². The van der Waals surface area contributed by atoms with Gasteiger partial charge < -0.3 is 14.5 Å². The van der Waals surface area contributed by atoms with Gasteiger partial charge in [-0.2, -0.15) is 0 Å². The molecule has 1 atom stereocenters. The standard InChI is InChI=1S/C22H31N3O3/c1-15-13-18(8-9-21(15)27-4)22-24-20(16(2)28-22)14-25-12-6-5-7-19(25)10-11-23-17(3)26/h8-9,13,19H,5-7,10-12,14H2,1-4H3,(H,23,26). The van der Waals surface area contributed by atoms with Crippen LogP contribution < -0.4 is 10.1 Å². The molecule has 0 radical (unpaired) electrons. The number of hydrogen-bond acceptors (Lipinski definition) is 5. The number of benzene rings is 1. The fraction of sp³-hybridized carbons (Fsp3) is 0.545. The van der Waals surface area contributed by atoms with E-state index in [-0.39, 0.29) is 5.91 Å². The number of methoxy groups -OCH3 is 1. The highest BCUT2D eigenvalue weighted by molar-refractivity contribution is 5.72. The molecule has 1 aliphatic rings. The predicted molar refractivity (Wildman–Crippen MR) is 109 cm³/mol. The zero-order valence-corrected chi connectivity index (χ0v) is 17.4. The first-order chi connectivity index (χ1) is 13.5. The van der Waals surface area contributed by atoms with Gasteiger partial charge in [-0.25, -0.2) is 4.98 Å². The second kappa shape index (κ2) is 9.24. The lowest BCUT2D eigenvalue weighted by Crippen LogP contribution is -2.41. The Bertz CT molecular complexity index is 815. The summed E-state index contributed by atoms with van der Waals surface area (Å²) in [7, 11) is 1.68. The van der Waals surface area contributed by atoms with Crippen LogP contribution in [0.5, 0.6) is 5.75 Å². The highest BCUT2D eigenvalue weighted by Gasteiger charge is 2.24. The molecule has 1 aliphatic heterocycles. The Labute approximate surface area is 167 Å². The SMILES string of the molecule is COc1ccc(-c2nc(CN3CCCCC3CCNC(C)=O)c(C)o2)cc1C. The number of rotatable bonds is 7. The maximum Gasteiger partial charge on any atom is 0.226 e. The number of carbonyl (C=O) groups excluding carboxylic acids is 1. The topological polar surface area (TPSA) is 67.6 Å². The Morgan fingerprint density at radius 3 is 2.89 bits per heavy atom. The van der Waals surface area contributed by atoms with Crippen LogP contribution in [0.3, 0.4) is 0 Å². The molecule has 1 aromatic carbocycles. The average Bonchev–Trinajstić information content (AvgIpc) is 3.03. The highest BCUT2D eigenvalue weighted by Crippen LogP contribution is 2.28. The molecule has 2 heterocycles. The number of nitrogens with zero attached hydrogens (tertiary/aromatic N) is 2. The van der Waals surface area contributed by atoms with Gasteiger partial charge in [0.1, 0.15) is 11.5 Å². The normalized spacial score (nSPS) is 17.5. The third kappa shape index (κ3) is 4.93. The Morgan fingerprint density at radius 1 is 1.36 bits per heavy atom. The molecule has 2 aromatic rings. The molecule has 0 spiro atoms. The lowest BCUT2D eigenvalue weighted by atomic mass is 9.99. The van der Waals surface area contributed by atoms with Crippen LogP contribution in [-0.4, -0.2) is 42.0 Å². The first kappa shape index (κ1) is 20.4. The second-order valence-electron chi connectivity index (χ2n) is 7.60. The summed E-state index contributed by atoms with van der Waals surface area (Å²) in [6, 6.07) is 6.46. The quantitative estimate of drug-likeness (QED) is 0.784. The largest absolute Gasteiger partial charge is 0.496 e. The van der Waals surface area contributed by atoms with Gasteiger partial charge in [0.2, 0.25) is 11.8 Å². The van der Waals surface area contributed by atoms with Gasteiger partial charge in [0.25, 0.3) is 0 Å². The predicted octanol–water partition coefficient (Wildman–Crippen LogP) is 3.85. The number of aryl methyl sites for hydroxylation is 2. The lowest BCUT2D eigenvalue weighted by molar-refractivity contribution is -0.119. The van der Waals surface area contributed by atoms with E-state index in [9.17, 15) is 4.79 Å². The second-order valence-corrected chi connectivity index (χ2v) is 7.60. The fourth-order valence-corrected chi connectivity index (χ4v) is 3.91. The fourth-order valence-electron chi connectivity index (χ4n) is 3.91. The minimum atomic E-state index is 0.0362. The van der Waals surface area contributed by atoms with E-state index in [2.05, 4.69) is 10.2 Å². The van der Waals surface area contributed by atoms with E-state index in [0.717, 1.165) is 54.4 Å². The van der Waals surface area contributed by atoms with E-state index in [1.54, 1.807) is 14.0 Å². The number of carbonyl (C=O) groups is 1. The summed E-state index contributed by atoms with van der Waals surface area (Å²) in [6.07, 6.45) is 4.59. The van der Waals surface area contributed by atoms with E-state index in [1.165, 1.54) is 19.3 Å². The Morgan fingerprint density at radius 2 is 2.18 bits per heavy atom. The van der Waals surface area contributed by atoms with Crippen molar-refractivity contribution in [2.24, 2.45) is 0 Å². The number of aromatic nitrogens is 1. The molecule has 28 heavy (non-hydrogen) atoms. The van der Waals surface area contributed by atoms with Crippen LogP contribution in [0.2, 0.25) is 0 Å². The van der Waals surface area contributed by atoms with Gasteiger partial charge >= 0.3 is 0 Å². The minimum Gasteiger partial charge on any atom is -0.496 e. The highest BCUT2D eigenvalue weighted by atomic mass is 16.5. The van der Waals surface area contributed by atoms with Crippen LogP contribution in [0.4, 0.5) is 0 Å². The summed E-state index contributed by atoms with van der Waals surface area (Å²) in [6.45, 7) is 8.15. The van der Waals surface area contributed by atoms with Crippen molar-refractivity contribution in [2.75, 3.05) is 20.2 Å². The van der Waals surface area contributed by atoms with Crippen LogP contribution in [0.15, 0.2) is 22.6 Å². The molecule has 3 rings (SSSR count). The molecular weight excluding hydrogens is 354 g/mol. The van der Waals surface area contributed by atoms with E-state index in [1.807, 2.05) is 32.0 Å². The van der Waals surface area contributed by atoms with Gasteiger partial charge in [-0.3, -0.25) is 9.69 Å². The molecule has 1 saturated heterocycles. The molecule has 152 valence electrons. The monoisotopic (exact) mass is 385 g/mol. The number of amides is 1. The first-order valence-corrected chi connectivity index (χ1v) is 10.1. The maximum absolute atomic E-state index is 11.1. The van der Waals surface area contributed by atoms with Crippen LogP contribution in [-0.2, 0) is 11.3 Å². The van der Waals surface area contributed by atoms with Crippen LogP contribution in [0.25, 0.3) is 11.5 Å². The number of piperidine rings is 1. The van der Waals surface area contributed by atoms with Crippen molar-refractivity contribution in [1.82, 2.24) is 15.2 Å². The lowest BCUT2D eigenvalue weighted by Gasteiger charge is -2.35. The number of likely N-dealkylation sites (tertiary alicyclic amines) is 1. The smallest absolute Gasteiger partial charge is 0.226 e. The van der Waals surface area contributed by atoms with Gasteiger partial charge in [-0.1, -0.05) is 6.42 Å². The molecule has 6 nitrogen and oxygen atoms in total. The molecule has 1 aromatic heterocycles. The summed E-state index contributed by atoms with van der Waals surface area (Å²) in [5.74, 6) is 2.43. The van der Waals surface area contributed by atoms with E-state index in [0.29, 0.717) is 11.9 Å². The van der Waals surface area contributed by atoms with Gasteiger partial charge in [0.15, 0.2) is 0 Å². The zero-order chi connectivity index (χ0) is 20.1. The molecule has 6 heteroatoms. The van der Waals surface area contributed by atoms with Crippen molar-refractivity contribution in [1.29, 1.82) is 0 Å². The van der Waals surface area contributed by atoms with E-state index >= 15 is 0 Å². The number of hydrogen-bond donors (Lipinski definition) is 1. The van der Waals surface area contributed by atoms with Crippen molar-refractivity contribution in [2.45, 2.75) is 59.0 Å². The molecular formula is C22H31N3O3. The van der Waals surface area contributed by atoms with Crippen molar-refractivity contribution in [3.63, 3.8) is 0 Å². The first-order valence-electron chi connectivity index (χ1n) is 10.1. The molecule has 0 aliphatic carbocycles.